The first kappa shape index (κ1) is 56.6. The molecule has 1 unspecified atom stereocenters. The van der Waals surface area contributed by atoms with Gasteiger partial charge in [-0.1, -0.05) is 26.5 Å². The van der Waals surface area contributed by atoms with Crippen LogP contribution in [0.2, 0.25) is 0 Å². The Morgan fingerprint density at radius 1 is 0.933 bits per heavy atom. The van der Waals surface area contributed by atoms with Gasteiger partial charge in [-0.15, -0.1) is 11.8 Å². The molecule has 0 aliphatic carbocycles. The predicted molar refractivity (Wildman–Crippen MR) is 279 cm³/mol. The van der Waals surface area contributed by atoms with E-state index < -0.39 is 83.2 Å². The molecule has 0 aromatic carbocycles. The summed E-state index contributed by atoms with van der Waals surface area (Å²) < 4.78 is 10.4. The van der Waals surface area contributed by atoms with Crippen molar-refractivity contribution in [2.45, 2.75) is 109 Å². The van der Waals surface area contributed by atoms with Crippen molar-refractivity contribution in [3.05, 3.63) is 75.4 Å². The molecule has 3 aromatic heterocycles. The van der Waals surface area contributed by atoms with Crippen LogP contribution >= 0.6 is 11.8 Å². The molecule has 5 atom stereocenters. The van der Waals surface area contributed by atoms with Gasteiger partial charge >= 0.3 is 23.9 Å². The number of esters is 2. The minimum absolute atomic E-state index is 0.0110. The zero-order valence-corrected chi connectivity index (χ0v) is 43.7. The van der Waals surface area contributed by atoms with Crippen LogP contribution in [0.25, 0.3) is 39.3 Å². The monoisotopic (exact) mass is 1050 g/mol. The van der Waals surface area contributed by atoms with E-state index in [-0.39, 0.29) is 74.6 Å². The fraction of sp³-hybridized carbons (Fsp3) is 0.442. The normalized spacial score (nSPS) is 17.1. The van der Waals surface area contributed by atoms with E-state index in [2.05, 4.69) is 32.5 Å². The highest BCUT2D eigenvalue weighted by molar-refractivity contribution is 8.00. The van der Waals surface area contributed by atoms with E-state index in [0.717, 1.165) is 61.0 Å². The molecule has 400 valence electrons. The third-order valence-corrected chi connectivity index (χ3v) is 15.0. The number of allylic oxidation sites excluding steroid dienone is 1. The minimum atomic E-state index is -1.36. The molecule has 23 heteroatoms. The summed E-state index contributed by atoms with van der Waals surface area (Å²) in [5.74, 6) is -8.31. The molecule has 6 heterocycles. The van der Waals surface area contributed by atoms with Crippen molar-refractivity contribution < 1.29 is 62.8 Å². The lowest BCUT2D eigenvalue weighted by molar-refractivity contribution is -0.141. The predicted octanol–water partition coefficient (Wildman–Crippen LogP) is 3.48. The van der Waals surface area contributed by atoms with Crippen molar-refractivity contribution in [3.63, 3.8) is 0 Å². The molecular weight excluding hydrogens is 991 g/mol. The number of nitrogens with two attached hydrogens (primary N) is 1. The van der Waals surface area contributed by atoms with E-state index in [1.807, 2.05) is 45.9 Å². The number of aromatic nitrogens is 4. The highest BCUT2D eigenvalue weighted by Crippen LogP contribution is 2.44. The average Bonchev–Trinajstić information content (AvgIpc) is 4.12. The maximum atomic E-state index is 14.4. The number of aryl methyl sites for hydroxylation is 3. The smallest absolute Gasteiger partial charge is 0.340 e. The third kappa shape index (κ3) is 12.8. The summed E-state index contributed by atoms with van der Waals surface area (Å²) in [5, 5.41) is 24.5. The lowest BCUT2D eigenvalue weighted by Crippen LogP contribution is -2.50. The second kappa shape index (κ2) is 24.6. The Morgan fingerprint density at radius 3 is 2.29 bits per heavy atom. The largest absolute Gasteiger partial charge is 0.480 e. The van der Waals surface area contributed by atoms with Gasteiger partial charge in [-0.05, 0) is 80.5 Å². The van der Waals surface area contributed by atoms with Crippen molar-refractivity contribution >= 4 is 104 Å². The number of carbonyl (C=O) groups excluding carboxylic acids is 7. The summed E-state index contributed by atoms with van der Waals surface area (Å²) in [6, 6.07) is 3.12. The number of ether oxygens (including phenoxy) is 2. The topological polar surface area (TPSA) is 335 Å². The van der Waals surface area contributed by atoms with Crippen molar-refractivity contribution in [2.75, 3.05) is 39.6 Å². The van der Waals surface area contributed by atoms with Crippen molar-refractivity contribution in [3.8, 4) is 0 Å². The molecule has 1 saturated heterocycles. The molecule has 3 aromatic rings. The van der Waals surface area contributed by atoms with Crippen LogP contribution in [-0.4, -0.2) is 145 Å². The summed E-state index contributed by atoms with van der Waals surface area (Å²) in [7, 11) is 2.55. The number of fused-ring (bicyclic) bond motifs is 8. The number of carbonyl (C=O) groups is 9. The zero-order valence-electron chi connectivity index (χ0n) is 42.9. The second-order valence-electron chi connectivity index (χ2n) is 18.4. The van der Waals surface area contributed by atoms with E-state index in [0.29, 0.717) is 34.6 Å². The molecule has 0 radical (unpaired) electrons. The summed E-state index contributed by atoms with van der Waals surface area (Å²) >= 11 is 0.879. The highest BCUT2D eigenvalue weighted by atomic mass is 32.2. The molecule has 22 nitrogen and oxygen atoms in total. The molecule has 6 rings (SSSR count). The van der Waals surface area contributed by atoms with Gasteiger partial charge < -0.3 is 51.3 Å². The van der Waals surface area contributed by atoms with Gasteiger partial charge in [0.1, 0.15) is 18.6 Å². The van der Waals surface area contributed by atoms with E-state index in [9.17, 15) is 43.2 Å². The number of hydrogen-bond donors (Lipinski definition) is 8. The molecule has 5 amide bonds. The summed E-state index contributed by atoms with van der Waals surface area (Å²) in [5.41, 5.74) is 15.1. The van der Waals surface area contributed by atoms with Crippen molar-refractivity contribution in [1.29, 1.82) is 0 Å². The number of aromatic amines is 2. The Hall–Kier alpha value is -7.66. The molecular formula is C52H63N9O13S. The Balaban J connectivity index is 1.35. The van der Waals surface area contributed by atoms with Gasteiger partial charge in [0.25, 0.3) is 0 Å². The van der Waals surface area contributed by atoms with Crippen LogP contribution in [0.5, 0.6) is 0 Å². The number of nitrogens with zero attached hydrogens (tertiary/aromatic N) is 3. The fourth-order valence-corrected chi connectivity index (χ4v) is 10.7. The van der Waals surface area contributed by atoms with Crippen LogP contribution in [0.3, 0.4) is 0 Å². The number of likely N-dealkylation sites (tertiary alicyclic amines) is 1. The van der Waals surface area contributed by atoms with E-state index in [4.69, 9.17) is 35.4 Å². The first-order chi connectivity index (χ1) is 35.6. The average molecular weight is 1050 g/mol. The summed E-state index contributed by atoms with van der Waals surface area (Å²) in [4.78, 5) is 134. The number of H-pyrrole nitrogens is 2. The number of aliphatic carboxylic acids is 2. The Labute approximate surface area is 436 Å². The fourth-order valence-electron chi connectivity index (χ4n) is 9.47. The van der Waals surface area contributed by atoms with Gasteiger partial charge in [0.05, 0.1) is 48.5 Å². The van der Waals surface area contributed by atoms with E-state index in [1.54, 1.807) is 13.0 Å². The number of imide groups is 1. The van der Waals surface area contributed by atoms with Gasteiger partial charge in [-0.3, -0.25) is 48.2 Å². The van der Waals surface area contributed by atoms with Gasteiger partial charge in [0, 0.05) is 88.8 Å². The van der Waals surface area contributed by atoms with E-state index in [1.165, 1.54) is 14.2 Å². The van der Waals surface area contributed by atoms with Crippen LogP contribution in [0.4, 0.5) is 0 Å². The molecule has 3 aliphatic heterocycles. The lowest BCUT2D eigenvalue weighted by Gasteiger charge is -2.20. The number of hydrogen-bond acceptors (Lipinski definition) is 15. The van der Waals surface area contributed by atoms with Crippen LogP contribution in [-0.2, 0) is 65.5 Å². The molecule has 8 bridgehead atoms. The minimum Gasteiger partial charge on any atom is -0.480 e. The van der Waals surface area contributed by atoms with Crippen LogP contribution in [0.1, 0.15) is 115 Å². The Kier molecular flexibility index (Phi) is 18.6. The van der Waals surface area contributed by atoms with Crippen LogP contribution < -0.4 is 21.7 Å². The maximum Gasteiger partial charge on any atom is 0.340 e. The van der Waals surface area contributed by atoms with Crippen molar-refractivity contribution in [1.82, 2.24) is 40.8 Å². The van der Waals surface area contributed by atoms with Gasteiger partial charge in [-0.25, -0.2) is 9.78 Å². The quantitative estimate of drug-likeness (QED) is 0.0527. The van der Waals surface area contributed by atoms with Gasteiger partial charge in [-0.2, -0.15) is 0 Å². The number of carboxylic acids is 2. The first-order valence-corrected chi connectivity index (χ1v) is 25.4. The Bertz CT molecular complexity index is 3050. The number of amides is 5. The molecule has 0 saturated carbocycles. The third-order valence-electron chi connectivity index (χ3n) is 13.7. The standard InChI is InChI=1S/C52H63N9O13S/c1-9-28-24(3)33-18-35-26(5)30(11-14-45(67)73-7)47(59-35)31(48-46(52(72)74-8)27(6)36(60-48)20-38-29(10-2)25(4)34(57-38)19-37(28)56-33)17-42(63)54-15-16-61-43(64)21-40(50(61)69)75-23-39(49(68)55-22-44(65)66)58-41(62)13-12-32(53)51(70)71/h9,18-20,26,30,32,39-40,56-57H,1,10-17,21-23,53H2,2-8H3,(H,54,63)(H,55,68)(H,58,62)(H,65,66)(H,70,71)/t26-,30-,32-,39-,40?/m0/s1. The van der Waals surface area contributed by atoms with E-state index >= 15 is 0 Å². The molecule has 1 fully saturated rings. The summed E-state index contributed by atoms with van der Waals surface area (Å²) in [6.07, 6.45) is 1.44. The number of rotatable bonds is 22. The molecule has 3 aliphatic rings. The van der Waals surface area contributed by atoms with Crippen LogP contribution in [0.15, 0.2) is 24.8 Å². The zero-order chi connectivity index (χ0) is 55.0. The number of nitrogens with one attached hydrogen (secondary N) is 5. The molecule has 75 heavy (non-hydrogen) atoms. The first-order valence-electron chi connectivity index (χ1n) is 24.4. The summed E-state index contributed by atoms with van der Waals surface area (Å²) in [6.45, 7) is 12.7. The lowest BCUT2D eigenvalue weighted by atomic mass is 9.84. The number of methoxy groups -OCH3 is 2. The number of carboxylic acid groups (broad SMARTS) is 2. The van der Waals surface area contributed by atoms with Gasteiger partial charge in [0.15, 0.2) is 0 Å². The van der Waals surface area contributed by atoms with Crippen LogP contribution in [0, 0.1) is 13.8 Å². The molecule has 0 spiro atoms. The highest BCUT2D eigenvalue weighted by Gasteiger charge is 2.40. The molecule has 9 N–H and O–H groups in total. The SMILES string of the molecule is C=Cc1c(C)c2cc3nc(c(CC(=O)NCCN4C(=O)CC(SC[C@H](NC(=O)CC[C@H](N)C(=O)O)C(=O)NCC(=O)O)C4=O)c4nc(cc5[nH]c(cc1[nH]2)c(C)c5CC)C(C)=C4C(=O)OC)[C@@H](CCC(=O)OC)[C@@H]3C. The number of thioether (sulfide) groups is 1. The Morgan fingerprint density at radius 2 is 1.64 bits per heavy atom. The maximum absolute atomic E-state index is 14.4. The van der Waals surface area contributed by atoms with Gasteiger partial charge in [0.2, 0.25) is 29.5 Å². The van der Waals surface area contributed by atoms with Crippen molar-refractivity contribution in [2.24, 2.45) is 5.73 Å². The second-order valence-corrected chi connectivity index (χ2v) is 19.7.